The number of hydrogen-bond acceptors (Lipinski definition) is 6. The molecule has 1 aromatic rings. The summed E-state index contributed by atoms with van der Waals surface area (Å²) in [6.45, 7) is 8.02. The topological polar surface area (TPSA) is 74.3 Å². The van der Waals surface area contributed by atoms with E-state index in [2.05, 4.69) is 19.9 Å². The first kappa shape index (κ1) is 15.8. The van der Waals surface area contributed by atoms with Crippen LogP contribution in [0.4, 0.5) is 0 Å². The summed E-state index contributed by atoms with van der Waals surface area (Å²) >= 11 is 1.49. The van der Waals surface area contributed by atoms with E-state index >= 15 is 0 Å². The molecule has 0 radical (unpaired) electrons. The molecule has 2 heterocycles. The number of hydrogen-bond donors (Lipinski definition) is 2. The smallest absolute Gasteiger partial charge is 0.213 e. The molecule has 1 saturated heterocycles. The van der Waals surface area contributed by atoms with Crippen molar-refractivity contribution >= 4 is 21.4 Å². The third-order valence-corrected chi connectivity index (χ3v) is 5.83. The molecule has 1 fully saturated rings. The molecule has 0 aliphatic carbocycles. The molecule has 1 atom stereocenters. The van der Waals surface area contributed by atoms with Crippen LogP contribution in [0.15, 0.2) is 5.38 Å². The van der Waals surface area contributed by atoms with Gasteiger partial charge in [-0.2, -0.15) is 0 Å². The van der Waals surface area contributed by atoms with Gasteiger partial charge in [-0.15, -0.1) is 11.3 Å². The van der Waals surface area contributed by atoms with Gasteiger partial charge < -0.3 is 5.32 Å². The molecule has 1 aliphatic rings. The van der Waals surface area contributed by atoms with Crippen LogP contribution < -0.4 is 10.0 Å². The van der Waals surface area contributed by atoms with Crippen molar-refractivity contribution in [2.75, 3.05) is 38.5 Å². The standard InChI is InChI=1S/C12H22N4O2S2/c1-10-9-19-12(14-10)11(2)15-20(17,18)8-7-16-5-3-13-4-6-16/h9,11,13,15H,3-8H2,1-2H3. The quantitative estimate of drug-likeness (QED) is 0.791. The van der Waals surface area contributed by atoms with E-state index in [-0.39, 0.29) is 11.8 Å². The number of aromatic nitrogens is 1. The summed E-state index contributed by atoms with van der Waals surface area (Å²) < 4.78 is 26.9. The molecule has 1 aromatic heterocycles. The van der Waals surface area contributed by atoms with Crippen LogP contribution in [0, 0.1) is 6.92 Å². The predicted octanol–water partition coefficient (Wildman–Crippen LogP) is 0.337. The van der Waals surface area contributed by atoms with Crippen LogP contribution in [0.2, 0.25) is 0 Å². The summed E-state index contributed by atoms with van der Waals surface area (Å²) in [4.78, 5) is 6.49. The first-order chi connectivity index (χ1) is 9.46. The van der Waals surface area contributed by atoms with Crippen molar-refractivity contribution in [2.45, 2.75) is 19.9 Å². The lowest BCUT2D eigenvalue weighted by Crippen LogP contribution is -2.46. The molecule has 0 aromatic carbocycles. The molecule has 0 saturated carbocycles. The van der Waals surface area contributed by atoms with Crippen LogP contribution in [0.1, 0.15) is 23.7 Å². The van der Waals surface area contributed by atoms with E-state index in [0.717, 1.165) is 36.9 Å². The molecule has 0 bridgehead atoms. The van der Waals surface area contributed by atoms with Gasteiger partial charge in [0.1, 0.15) is 5.01 Å². The molecule has 6 nitrogen and oxygen atoms in total. The van der Waals surface area contributed by atoms with E-state index in [1.165, 1.54) is 11.3 Å². The summed E-state index contributed by atoms with van der Waals surface area (Å²) in [6, 6.07) is -0.262. The lowest BCUT2D eigenvalue weighted by atomic mass is 10.4. The maximum Gasteiger partial charge on any atom is 0.213 e. The Hall–Kier alpha value is -0.540. The van der Waals surface area contributed by atoms with Crippen LogP contribution in [-0.4, -0.2) is 56.8 Å². The molecular formula is C12H22N4O2S2. The van der Waals surface area contributed by atoms with E-state index in [4.69, 9.17) is 0 Å². The van der Waals surface area contributed by atoms with E-state index in [1.807, 2.05) is 19.2 Å². The SMILES string of the molecule is Cc1csc(C(C)NS(=O)(=O)CCN2CCNCC2)n1. The molecule has 1 unspecified atom stereocenters. The zero-order valence-electron chi connectivity index (χ0n) is 11.9. The average molecular weight is 318 g/mol. The minimum atomic E-state index is -3.26. The first-order valence-corrected chi connectivity index (χ1v) is 9.34. The van der Waals surface area contributed by atoms with Gasteiger partial charge in [0, 0.05) is 43.8 Å². The summed E-state index contributed by atoms with van der Waals surface area (Å²) in [7, 11) is -3.26. The Morgan fingerprint density at radius 3 is 2.80 bits per heavy atom. The lowest BCUT2D eigenvalue weighted by Gasteiger charge is -2.27. The zero-order chi connectivity index (χ0) is 14.6. The highest BCUT2D eigenvalue weighted by Crippen LogP contribution is 2.18. The second kappa shape index (κ2) is 6.95. The summed E-state index contributed by atoms with van der Waals surface area (Å²) in [5.41, 5.74) is 0.928. The van der Waals surface area contributed by atoms with Gasteiger partial charge in [0.25, 0.3) is 0 Å². The third kappa shape index (κ3) is 4.78. The van der Waals surface area contributed by atoms with Crippen molar-refractivity contribution in [1.82, 2.24) is 19.9 Å². The fourth-order valence-corrected chi connectivity index (χ4v) is 4.28. The Balaban J connectivity index is 1.83. The molecule has 8 heteroatoms. The number of rotatable bonds is 6. The third-order valence-electron chi connectivity index (χ3n) is 3.25. The van der Waals surface area contributed by atoms with Crippen molar-refractivity contribution in [3.8, 4) is 0 Å². The fraction of sp³-hybridized carbons (Fsp3) is 0.750. The lowest BCUT2D eigenvalue weighted by molar-refractivity contribution is 0.253. The van der Waals surface area contributed by atoms with Crippen LogP contribution in [-0.2, 0) is 10.0 Å². The first-order valence-electron chi connectivity index (χ1n) is 6.81. The van der Waals surface area contributed by atoms with E-state index < -0.39 is 10.0 Å². The van der Waals surface area contributed by atoms with Crippen molar-refractivity contribution in [3.63, 3.8) is 0 Å². The molecule has 20 heavy (non-hydrogen) atoms. The minimum absolute atomic E-state index is 0.141. The van der Waals surface area contributed by atoms with Gasteiger partial charge >= 0.3 is 0 Å². The van der Waals surface area contributed by atoms with Crippen molar-refractivity contribution in [3.05, 3.63) is 16.1 Å². The highest BCUT2D eigenvalue weighted by Gasteiger charge is 2.19. The largest absolute Gasteiger partial charge is 0.314 e. The highest BCUT2D eigenvalue weighted by molar-refractivity contribution is 7.89. The number of nitrogens with one attached hydrogen (secondary N) is 2. The number of piperazine rings is 1. The van der Waals surface area contributed by atoms with Crippen LogP contribution in [0.3, 0.4) is 0 Å². The molecular weight excluding hydrogens is 296 g/mol. The van der Waals surface area contributed by atoms with Gasteiger partial charge in [0.2, 0.25) is 10.0 Å². The van der Waals surface area contributed by atoms with Gasteiger partial charge in [-0.25, -0.2) is 18.1 Å². The number of aryl methyl sites for hydroxylation is 1. The van der Waals surface area contributed by atoms with Crippen LogP contribution >= 0.6 is 11.3 Å². The molecule has 2 rings (SSSR count). The van der Waals surface area contributed by atoms with Gasteiger partial charge in [-0.3, -0.25) is 4.90 Å². The predicted molar refractivity (Wildman–Crippen MR) is 81.5 cm³/mol. The maximum absolute atomic E-state index is 12.1. The summed E-state index contributed by atoms with van der Waals surface area (Å²) in [6.07, 6.45) is 0. The Labute approximate surface area is 124 Å². The van der Waals surface area contributed by atoms with Gasteiger partial charge in [0.05, 0.1) is 11.8 Å². The molecule has 114 valence electrons. The Bertz CT molecular complexity index is 523. The Morgan fingerprint density at radius 2 is 2.20 bits per heavy atom. The van der Waals surface area contributed by atoms with Gasteiger partial charge in [-0.05, 0) is 13.8 Å². The highest BCUT2D eigenvalue weighted by atomic mass is 32.2. The van der Waals surface area contributed by atoms with E-state index in [1.54, 1.807) is 0 Å². The fourth-order valence-electron chi connectivity index (χ4n) is 2.13. The molecule has 0 spiro atoms. The van der Waals surface area contributed by atoms with E-state index in [9.17, 15) is 8.42 Å². The van der Waals surface area contributed by atoms with Crippen LogP contribution in [0.5, 0.6) is 0 Å². The number of thiazole rings is 1. The van der Waals surface area contributed by atoms with Crippen molar-refractivity contribution < 1.29 is 8.42 Å². The second-order valence-electron chi connectivity index (χ2n) is 5.08. The Morgan fingerprint density at radius 1 is 1.50 bits per heavy atom. The average Bonchev–Trinajstić information content (AvgIpc) is 2.84. The Kier molecular flexibility index (Phi) is 5.50. The molecule has 2 N–H and O–H groups in total. The zero-order valence-corrected chi connectivity index (χ0v) is 13.6. The number of nitrogens with zero attached hydrogens (tertiary/aromatic N) is 2. The molecule has 1 aliphatic heterocycles. The van der Waals surface area contributed by atoms with E-state index in [0.29, 0.717) is 6.54 Å². The van der Waals surface area contributed by atoms with Crippen molar-refractivity contribution in [2.24, 2.45) is 0 Å². The summed E-state index contributed by atoms with van der Waals surface area (Å²) in [5.74, 6) is 0.141. The normalized spacial score (nSPS) is 19.1. The molecule has 0 amide bonds. The monoisotopic (exact) mass is 318 g/mol. The van der Waals surface area contributed by atoms with Gasteiger partial charge in [-0.1, -0.05) is 0 Å². The second-order valence-corrected chi connectivity index (χ2v) is 7.84. The minimum Gasteiger partial charge on any atom is -0.314 e. The van der Waals surface area contributed by atoms with Crippen molar-refractivity contribution in [1.29, 1.82) is 0 Å². The number of sulfonamides is 1. The van der Waals surface area contributed by atoms with Gasteiger partial charge in [0.15, 0.2) is 0 Å². The van der Waals surface area contributed by atoms with Crippen LogP contribution in [0.25, 0.3) is 0 Å². The maximum atomic E-state index is 12.1. The summed E-state index contributed by atoms with van der Waals surface area (Å²) in [5, 5.41) is 6.00.